The molecular weight excluding hydrogens is 393 g/mol. The molecule has 0 unspecified atom stereocenters. The van der Waals surface area contributed by atoms with Gasteiger partial charge in [-0.05, 0) is 54.5 Å². The second-order valence-electron chi connectivity index (χ2n) is 7.63. The number of nitrogens with zero attached hydrogens (tertiary/aromatic N) is 1. The maximum Gasteiger partial charge on any atom is 0.188 e. The second kappa shape index (κ2) is 7.22. The van der Waals surface area contributed by atoms with Gasteiger partial charge < -0.3 is 14.4 Å². The van der Waals surface area contributed by atoms with Gasteiger partial charge in [0.15, 0.2) is 5.78 Å². The Morgan fingerprint density at radius 1 is 1.06 bits per heavy atom. The molecule has 1 aliphatic rings. The standard InChI is InChI=1S/C26H20FNO3/c1-15-11-16-9-10-22(30)25-24(16)21(12-15)28(18-6-3-5-17(27)13-18)26(25)19-7-4-8-23(31-2)20(19)14-29/h3-13,29H,14H2,1-2H3. The van der Waals surface area contributed by atoms with Gasteiger partial charge in [-0.15, -0.1) is 0 Å². The highest BCUT2D eigenvalue weighted by atomic mass is 19.1. The van der Waals surface area contributed by atoms with Gasteiger partial charge in [-0.25, -0.2) is 4.39 Å². The lowest BCUT2D eigenvalue weighted by atomic mass is 9.92. The molecule has 1 aliphatic carbocycles. The van der Waals surface area contributed by atoms with E-state index in [-0.39, 0.29) is 18.2 Å². The van der Waals surface area contributed by atoms with Crippen LogP contribution in [0.1, 0.15) is 27.0 Å². The van der Waals surface area contributed by atoms with E-state index in [0.29, 0.717) is 33.8 Å². The van der Waals surface area contributed by atoms with Gasteiger partial charge in [-0.3, -0.25) is 4.79 Å². The van der Waals surface area contributed by atoms with E-state index in [0.717, 1.165) is 22.0 Å². The maximum absolute atomic E-state index is 14.2. The number of benzene rings is 3. The van der Waals surface area contributed by atoms with Gasteiger partial charge in [-0.1, -0.05) is 30.3 Å². The van der Waals surface area contributed by atoms with Crippen LogP contribution in [0.3, 0.4) is 0 Å². The van der Waals surface area contributed by atoms with Gasteiger partial charge in [-0.2, -0.15) is 0 Å². The number of ketones is 1. The normalized spacial score (nSPS) is 12.6. The number of allylic oxidation sites excluding steroid dienone is 1. The summed E-state index contributed by atoms with van der Waals surface area (Å²) in [7, 11) is 1.54. The van der Waals surface area contributed by atoms with E-state index in [1.165, 1.54) is 12.1 Å². The van der Waals surface area contributed by atoms with Crippen molar-refractivity contribution in [3.8, 4) is 22.7 Å². The van der Waals surface area contributed by atoms with Crippen molar-refractivity contribution in [2.24, 2.45) is 0 Å². The first-order chi connectivity index (χ1) is 15.0. The molecule has 1 heterocycles. The smallest absolute Gasteiger partial charge is 0.188 e. The number of carbonyl (C=O) groups is 1. The van der Waals surface area contributed by atoms with Crippen LogP contribution >= 0.6 is 0 Å². The molecule has 31 heavy (non-hydrogen) atoms. The predicted molar refractivity (Wildman–Crippen MR) is 119 cm³/mol. The molecule has 4 aromatic rings. The zero-order valence-corrected chi connectivity index (χ0v) is 17.1. The summed E-state index contributed by atoms with van der Waals surface area (Å²) in [6.45, 7) is 1.73. The number of hydrogen-bond donors (Lipinski definition) is 1. The summed E-state index contributed by atoms with van der Waals surface area (Å²) in [5.74, 6) is 0.0312. The van der Waals surface area contributed by atoms with Gasteiger partial charge >= 0.3 is 0 Å². The third-order valence-electron chi connectivity index (χ3n) is 5.74. The van der Waals surface area contributed by atoms with E-state index in [9.17, 15) is 14.3 Å². The molecular formula is C26H20FNO3. The topological polar surface area (TPSA) is 51.5 Å². The molecule has 0 saturated heterocycles. The number of aromatic nitrogens is 1. The van der Waals surface area contributed by atoms with Gasteiger partial charge in [0.2, 0.25) is 0 Å². The molecule has 0 fully saturated rings. The molecule has 5 heteroatoms. The number of carbonyl (C=O) groups excluding carboxylic acids is 1. The van der Waals surface area contributed by atoms with Gasteiger partial charge in [0.05, 0.1) is 30.5 Å². The third-order valence-corrected chi connectivity index (χ3v) is 5.74. The molecule has 1 N–H and O–H groups in total. The SMILES string of the molecule is COc1cccc(-c2c3c4c(cc(C)cc4n2-c2cccc(F)c2)C=CC3=O)c1CO. The van der Waals surface area contributed by atoms with Crippen molar-refractivity contribution in [3.63, 3.8) is 0 Å². The summed E-state index contributed by atoms with van der Waals surface area (Å²) in [5.41, 5.74) is 5.79. The first-order valence-electron chi connectivity index (χ1n) is 9.98. The fourth-order valence-corrected chi connectivity index (χ4v) is 4.49. The van der Waals surface area contributed by atoms with Crippen molar-refractivity contribution in [3.05, 3.63) is 88.7 Å². The summed E-state index contributed by atoms with van der Waals surface area (Å²) < 4.78 is 21.6. The quantitative estimate of drug-likeness (QED) is 0.484. The van der Waals surface area contributed by atoms with Crippen LogP contribution in [0.25, 0.3) is 33.9 Å². The zero-order valence-electron chi connectivity index (χ0n) is 17.1. The van der Waals surface area contributed by atoms with Crippen LogP contribution in [0, 0.1) is 12.7 Å². The Morgan fingerprint density at radius 3 is 2.61 bits per heavy atom. The number of aryl methyl sites for hydroxylation is 1. The average molecular weight is 413 g/mol. The predicted octanol–water partition coefficient (Wildman–Crippen LogP) is 5.46. The van der Waals surface area contributed by atoms with Crippen molar-refractivity contribution in [1.29, 1.82) is 0 Å². The fraction of sp³-hybridized carbons (Fsp3) is 0.115. The molecule has 0 spiro atoms. The molecule has 0 radical (unpaired) electrons. The van der Waals surface area contributed by atoms with E-state index < -0.39 is 0 Å². The Balaban J connectivity index is 2.01. The number of ether oxygens (including phenoxy) is 1. The minimum Gasteiger partial charge on any atom is -0.496 e. The van der Waals surface area contributed by atoms with Gasteiger partial charge in [0.1, 0.15) is 11.6 Å². The number of aliphatic hydroxyl groups is 1. The van der Waals surface area contributed by atoms with Crippen molar-refractivity contribution in [2.45, 2.75) is 13.5 Å². The van der Waals surface area contributed by atoms with E-state index in [1.54, 1.807) is 25.3 Å². The van der Waals surface area contributed by atoms with Crippen LogP contribution in [0.15, 0.2) is 60.7 Å². The Labute approximate surface area is 178 Å². The Hall–Kier alpha value is -3.70. The van der Waals surface area contributed by atoms with Crippen molar-refractivity contribution < 1.29 is 19.0 Å². The molecule has 0 bridgehead atoms. The van der Waals surface area contributed by atoms with Crippen LogP contribution < -0.4 is 4.74 Å². The molecule has 154 valence electrons. The van der Waals surface area contributed by atoms with Crippen LogP contribution in [-0.4, -0.2) is 22.6 Å². The minimum atomic E-state index is -0.368. The van der Waals surface area contributed by atoms with E-state index >= 15 is 0 Å². The number of hydrogen-bond acceptors (Lipinski definition) is 3. The van der Waals surface area contributed by atoms with Crippen molar-refractivity contribution >= 4 is 22.8 Å². The van der Waals surface area contributed by atoms with Gasteiger partial charge in [0, 0.05) is 22.2 Å². The average Bonchev–Trinajstić information content (AvgIpc) is 3.11. The Kier molecular flexibility index (Phi) is 4.49. The highest BCUT2D eigenvalue weighted by molar-refractivity contribution is 6.24. The molecule has 0 atom stereocenters. The number of methoxy groups -OCH3 is 1. The molecule has 5 rings (SSSR count). The molecule has 0 aliphatic heterocycles. The largest absolute Gasteiger partial charge is 0.496 e. The van der Waals surface area contributed by atoms with Crippen LogP contribution in [-0.2, 0) is 6.61 Å². The fourth-order valence-electron chi connectivity index (χ4n) is 4.49. The van der Waals surface area contributed by atoms with E-state index in [4.69, 9.17) is 4.74 Å². The van der Waals surface area contributed by atoms with Crippen LogP contribution in [0.4, 0.5) is 4.39 Å². The molecule has 0 saturated carbocycles. The summed E-state index contributed by atoms with van der Waals surface area (Å²) in [6, 6.07) is 15.8. The molecule has 0 amide bonds. The van der Waals surface area contributed by atoms with Crippen molar-refractivity contribution in [2.75, 3.05) is 7.11 Å². The van der Waals surface area contributed by atoms with E-state index in [1.807, 2.05) is 47.9 Å². The third kappa shape index (κ3) is 2.89. The summed E-state index contributed by atoms with van der Waals surface area (Å²) in [5, 5.41) is 11.0. The summed E-state index contributed by atoms with van der Waals surface area (Å²) in [6.07, 6.45) is 3.39. The van der Waals surface area contributed by atoms with Crippen LogP contribution in [0.5, 0.6) is 5.75 Å². The Morgan fingerprint density at radius 2 is 1.87 bits per heavy atom. The van der Waals surface area contributed by atoms with Crippen molar-refractivity contribution in [1.82, 2.24) is 4.57 Å². The monoisotopic (exact) mass is 413 g/mol. The first kappa shape index (κ1) is 19.3. The van der Waals surface area contributed by atoms with Gasteiger partial charge in [0.25, 0.3) is 0 Å². The van der Waals surface area contributed by atoms with Crippen LogP contribution in [0.2, 0.25) is 0 Å². The highest BCUT2D eigenvalue weighted by Gasteiger charge is 2.29. The number of aliphatic hydroxyl groups excluding tert-OH is 1. The number of rotatable bonds is 4. The van der Waals surface area contributed by atoms with E-state index in [2.05, 4.69) is 0 Å². The lowest BCUT2D eigenvalue weighted by Gasteiger charge is -2.17. The highest BCUT2D eigenvalue weighted by Crippen LogP contribution is 2.43. The molecule has 3 aromatic carbocycles. The maximum atomic E-state index is 14.2. The molecule has 4 nitrogen and oxygen atoms in total. The summed E-state index contributed by atoms with van der Waals surface area (Å²) in [4.78, 5) is 13.1. The summed E-state index contributed by atoms with van der Waals surface area (Å²) >= 11 is 0. The second-order valence-corrected chi connectivity index (χ2v) is 7.63. The Bertz CT molecular complexity index is 1400. The molecule has 1 aromatic heterocycles. The minimum absolute atomic E-state index is 0.127. The number of halogens is 1. The lowest BCUT2D eigenvalue weighted by Crippen LogP contribution is -2.05. The lowest BCUT2D eigenvalue weighted by molar-refractivity contribution is 0.104. The first-order valence-corrected chi connectivity index (χ1v) is 9.98. The zero-order chi connectivity index (χ0) is 21.7.